The van der Waals surface area contributed by atoms with Crippen LogP contribution in [0.2, 0.25) is 0 Å². The fourth-order valence-corrected chi connectivity index (χ4v) is 3.84. The smallest absolute Gasteiger partial charge is 0.338 e. The average molecular weight is 375 g/mol. The molecular formula is C20H25NO6. The molecule has 1 aliphatic carbocycles. The van der Waals surface area contributed by atoms with Crippen LogP contribution in [0.15, 0.2) is 24.3 Å². The Balaban J connectivity index is 1.51. The lowest BCUT2D eigenvalue weighted by atomic mass is 9.84. The van der Waals surface area contributed by atoms with Gasteiger partial charge < -0.3 is 14.6 Å². The number of hydrogen-bond donors (Lipinski definition) is 1. The number of rotatable bonds is 7. The average Bonchev–Trinajstić information content (AvgIpc) is 3.21. The third-order valence-corrected chi connectivity index (χ3v) is 5.25. The molecule has 3 rings (SSSR count). The number of ether oxygens (including phenoxy) is 2. The molecule has 2 aliphatic rings. The zero-order valence-electron chi connectivity index (χ0n) is 15.5. The number of nitrogens with zero attached hydrogens (tertiary/aromatic N) is 1. The Kier molecular flexibility index (Phi) is 5.79. The minimum absolute atomic E-state index is 0.0528. The highest BCUT2D eigenvalue weighted by atomic mass is 16.5. The molecule has 1 aromatic carbocycles. The number of hydrogen-bond acceptors (Lipinski definition) is 6. The van der Waals surface area contributed by atoms with Crippen molar-refractivity contribution in [1.82, 2.24) is 4.90 Å². The molecule has 1 aromatic rings. The van der Waals surface area contributed by atoms with Gasteiger partial charge >= 0.3 is 5.97 Å². The summed E-state index contributed by atoms with van der Waals surface area (Å²) < 4.78 is 10.4. The van der Waals surface area contributed by atoms with Crippen LogP contribution in [0.25, 0.3) is 0 Å². The first kappa shape index (κ1) is 19.4. The first-order valence-corrected chi connectivity index (χ1v) is 9.38. The number of imide groups is 1. The fraction of sp³-hybridized carbons (Fsp3) is 0.550. The molecule has 1 atom stereocenters. The molecule has 27 heavy (non-hydrogen) atoms. The van der Waals surface area contributed by atoms with Crippen LogP contribution in [0.3, 0.4) is 0 Å². The highest BCUT2D eigenvalue weighted by Gasteiger charge is 2.52. The Bertz CT molecular complexity index is 708. The molecule has 7 nitrogen and oxygen atoms in total. The Morgan fingerprint density at radius 3 is 2.52 bits per heavy atom. The lowest BCUT2D eigenvalue weighted by molar-refractivity contribution is -0.143. The lowest BCUT2D eigenvalue weighted by Crippen LogP contribution is -2.41. The first-order chi connectivity index (χ1) is 12.9. The Morgan fingerprint density at radius 2 is 1.89 bits per heavy atom. The summed E-state index contributed by atoms with van der Waals surface area (Å²) in [5.41, 5.74) is -0.111. The maximum absolute atomic E-state index is 12.6. The molecule has 0 unspecified atom stereocenters. The number of carbonyl (C=O) groups is 3. The molecule has 2 amide bonds. The van der Waals surface area contributed by atoms with Crippen molar-refractivity contribution < 1.29 is 29.0 Å². The molecule has 7 heteroatoms. The van der Waals surface area contributed by atoms with Crippen molar-refractivity contribution in [2.75, 3.05) is 19.8 Å². The molecule has 0 aromatic heterocycles. The fourth-order valence-electron chi connectivity index (χ4n) is 3.84. The molecule has 1 aliphatic heterocycles. The second-order valence-corrected chi connectivity index (χ2v) is 7.18. The number of carbonyl (C=O) groups excluding carboxylic acids is 3. The number of β-amino-alcohol motifs (C(OH)–C–C–N with tert-alkyl or cyclic N) is 1. The van der Waals surface area contributed by atoms with Gasteiger partial charge in [-0.05, 0) is 44.0 Å². The Labute approximate surface area is 158 Å². The summed E-state index contributed by atoms with van der Waals surface area (Å²) in [6.45, 7) is 1.93. The summed E-state index contributed by atoms with van der Waals surface area (Å²) in [4.78, 5) is 37.6. The van der Waals surface area contributed by atoms with E-state index >= 15 is 0 Å². The molecule has 1 heterocycles. The standard InChI is InChI=1S/C20H25NO6/c1-2-26-18(24)14-5-7-16(8-6-14)27-13-15(22)12-21-17(23)11-20(19(21)25)9-3-4-10-20/h5-8,15,22H,2-4,9-13H2,1H3/t15-/m0/s1. The van der Waals surface area contributed by atoms with Gasteiger partial charge in [-0.3, -0.25) is 14.5 Å². The summed E-state index contributed by atoms with van der Waals surface area (Å²) in [7, 11) is 0. The van der Waals surface area contributed by atoms with Crippen molar-refractivity contribution in [2.24, 2.45) is 5.41 Å². The van der Waals surface area contributed by atoms with Crippen molar-refractivity contribution in [3.63, 3.8) is 0 Å². The van der Waals surface area contributed by atoms with Crippen molar-refractivity contribution in [1.29, 1.82) is 0 Å². The van der Waals surface area contributed by atoms with Gasteiger partial charge in [0.2, 0.25) is 11.8 Å². The predicted octanol–water partition coefficient (Wildman–Crippen LogP) is 1.92. The minimum atomic E-state index is -0.973. The maximum Gasteiger partial charge on any atom is 0.338 e. The van der Waals surface area contributed by atoms with Crippen LogP contribution in [0.5, 0.6) is 5.75 Å². The van der Waals surface area contributed by atoms with Gasteiger partial charge in [0.05, 0.1) is 24.1 Å². The quantitative estimate of drug-likeness (QED) is 0.578. The zero-order chi connectivity index (χ0) is 19.4. The van der Waals surface area contributed by atoms with Crippen LogP contribution in [0.4, 0.5) is 0 Å². The summed E-state index contributed by atoms with van der Waals surface area (Å²) in [5, 5.41) is 10.2. The molecule has 2 fully saturated rings. The topological polar surface area (TPSA) is 93.1 Å². The summed E-state index contributed by atoms with van der Waals surface area (Å²) in [5.74, 6) is -0.285. The van der Waals surface area contributed by atoms with Crippen LogP contribution < -0.4 is 4.74 Å². The number of benzene rings is 1. The SMILES string of the molecule is CCOC(=O)c1ccc(OC[C@@H](O)CN2C(=O)CC3(CCCC3)C2=O)cc1. The van der Waals surface area contributed by atoms with Crippen LogP contribution in [-0.2, 0) is 14.3 Å². The molecule has 1 spiro atoms. The molecule has 1 saturated heterocycles. The molecule has 0 radical (unpaired) electrons. The summed E-state index contributed by atoms with van der Waals surface area (Å²) in [6.07, 6.45) is 2.75. The van der Waals surface area contributed by atoms with Gasteiger partial charge in [-0.1, -0.05) is 12.8 Å². The van der Waals surface area contributed by atoms with Gasteiger partial charge in [0, 0.05) is 6.42 Å². The minimum Gasteiger partial charge on any atom is -0.491 e. The van der Waals surface area contributed by atoms with Crippen molar-refractivity contribution in [3.8, 4) is 5.75 Å². The third kappa shape index (κ3) is 4.13. The highest BCUT2D eigenvalue weighted by Crippen LogP contribution is 2.46. The Hall–Kier alpha value is -2.41. The predicted molar refractivity (Wildman–Crippen MR) is 96.1 cm³/mol. The van der Waals surface area contributed by atoms with Gasteiger partial charge in [-0.15, -0.1) is 0 Å². The maximum atomic E-state index is 12.6. The molecule has 1 N–H and O–H groups in total. The normalized spacial score (nSPS) is 19.6. The van der Waals surface area contributed by atoms with E-state index in [0.29, 0.717) is 17.9 Å². The molecule has 0 bridgehead atoms. The van der Waals surface area contributed by atoms with Crippen molar-refractivity contribution >= 4 is 17.8 Å². The van der Waals surface area contributed by atoms with Gasteiger partial charge in [0.1, 0.15) is 18.5 Å². The van der Waals surface area contributed by atoms with Crippen molar-refractivity contribution in [3.05, 3.63) is 29.8 Å². The second-order valence-electron chi connectivity index (χ2n) is 7.18. The van der Waals surface area contributed by atoms with Crippen LogP contribution >= 0.6 is 0 Å². The molecule has 1 saturated carbocycles. The van der Waals surface area contributed by atoms with E-state index in [1.165, 1.54) is 4.90 Å². The highest BCUT2D eigenvalue weighted by molar-refractivity contribution is 6.06. The van der Waals surface area contributed by atoms with E-state index in [-0.39, 0.29) is 31.4 Å². The monoisotopic (exact) mass is 375 g/mol. The van der Waals surface area contributed by atoms with Crippen molar-refractivity contribution in [2.45, 2.75) is 45.1 Å². The van der Waals surface area contributed by atoms with E-state index < -0.39 is 17.5 Å². The van der Waals surface area contributed by atoms with E-state index in [4.69, 9.17) is 9.47 Å². The molecule has 146 valence electrons. The molecular weight excluding hydrogens is 350 g/mol. The third-order valence-electron chi connectivity index (χ3n) is 5.25. The van der Waals surface area contributed by atoms with E-state index in [1.54, 1.807) is 31.2 Å². The largest absolute Gasteiger partial charge is 0.491 e. The van der Waals surface area contributed by atoms with Crippen LogP contribution in [-0.4, -0.2) is 53.7 Å². The van der Waals surface area contributed by atoms with Crippen LogP contribution in [0, 0.1) is 5.41 Å². The number of likely N-dealkylation sites (tertiary alicyclic amines) is 1. The van der Waals surface area contributed by atoms with Crippen LogP contribution in [0.1, 0.15) is 49.4 Å². The lowest BCUT2D eigenvalue weighted by Gasteiger charge is -2.23. The number of aliphatic hydroxyl groups excluding tert-OH is 1. The van der Waals surface area contributed by atoms with E-state index in [2.05, 4.69) is 0 Å². The summed E-state index contributed by atoms with van der Waals surface area (Å²) in [6, 6.07) is 6.38. The van der Waals surface area contributed by atoms with E-state index in [1.807, 2.05) is 0 Å². The first-order valence-electron chi connectivity index (χ1n) is 9.38. The Morgan fingerprint density at radius 1 is 1.22 bits per heavy atom. The van der Waals surface area contributed by atoms with E-state index in [9.17, 15) is 19.5 Å². The number of esters is 1. The second kappa shape index (κ2) is 8.08. The number of aliphatic hydroxyl groups is 1. The van der Waals surface area contributed by atoms with Gasteiger partial charge in [-0.2, -0.15) is 0 Å². The van der Waals surface area contributed by atoms with Gasteiger partial charge in [0.15, 0.2) is 0 Å². The van der Waals surface area contributed by atoms with E-state index in [0.717, 1.165) is 25.7 Å². The zero-order valence-corrected chi connectivity index (χ0v) is 15.5. The van der Waals surface area contributed by atoms with Gasteiger partial charge in [-0.25, -0.2) is 4.79 Å². The summed E-state index contributed by atoms with van der Waals surface area (Å²) >= 11 is 0. The van der Waals surface area contributed by atoms with Gasteiger partial charge in [0.25, 0.3) is 0 Å². The number of amides is 2.